The zero-order valence-electron chi connectivity index (χ0n) is 12.5. The van der Waals surface area contributed by atoms with Crippen molar-refractivity contribution in [3.05, 3.63) is 35.3 Å². The molecule has 0 aliphatic rings. The molecule has 2 aromatic rings. The Bertz CT molecular complexity index is 601. The number of thioether (sulfide) groups is 1. The topological polar surface area (TPSA) is 68.0 Å². The number of benzene rings is 1. The van der Waals surface area contributed by atoms with Crippen molar-refractivity contribution >= 4 is 47.1 Å². The van der Waals surface area contributed by atoms with Crippen LogP contribution in [0, 0.1) is 6.92 Å². The van der Waals surface area contributed by atoms with Gasteiger partial charge in [-0.15, -0.1) is 23.7 Å². The van der Waals surface area contributed by atoms with Gasteiger partial charge < -0.3 is 11.1 Å². The zero-order valence-corrected chi connectivity index (χ0v) is 15.0. The van der Waals surface area contributed by atoms with E-state index in [9.17, 15) is 4.79 Å². The Morgan fingerprint density at radius 2 is 2.09 bits per heavy atom. The first-order chi connectivity index (χ1) is 10.1. The predicted molar refractivity (Wildman–Crippen MR) is 99.1 cm³/mol. The normalized spacial score (nSPS) is 11.6. The number of aromatic nitrogens is 1. The molecule has 0 aliphatic carbocycles. The molecule has 4 nitrogen and oxygen atoms in total. The van der Waals surface area contributed by atoms with Crippen molar-refractivity contribution in [3.8, 4) is 10.6 Å². The summed E-state index contributed by atoms with van der Waals surface area (Å²) in [5.74, 6) is 0.749. The summed E-state index contributed by atoms with van der Waals surface area (Å²) in [6.45, 7) is 1.98. The molecule has 1 heterocycles. The number of anilines is 1. The number of thiazole rings is 1. The minimum Gasteiger partial charge on any atom is -0.325 e. The van der Waals surface area contributed by atoms with Crippen LogP contribution in [0.15, 0.2) is 29.6 Å². The van der Waals surface area contributed by atoms with Gasteiger partial charge in [0.05, 0.1) is 6.04 Å². The van der Waals surface area contributed by atoms with Crippen LogP contribution in [-0.2, 0) is 4.79 Å². The molecule has 0 saturated heterocycles. The smallest absolute Gasteiger partial charge is 0.241 e. The number of nitrogens with zero attached hydrogens (tertiary/aromatic N) is 1. The van der Waals surface area contributed by atoms with Gasteiger partial charge in [0.1, 0.15) is 5.01 Å². The van der Waals surface area contributed by atoms with Crippen molar-refractivity contribution in [1.29, 1.82) is 0 Å². The van der Waals surface area contributed by atoms with E-state index >= 15 is 0 Å². The quantitative estimate of drug-likeness (QED) is 0.829. The van der Waals surface area contributed by atoms with Crippen LogP contribution in [-0.4, -0.2) is 28.9 Å². The molecule has 22 heavy (non-hydrogen) atoms. The summed E-state index contributed by atoms with van der Waals surface area (Å²) >= 11 is 3.31. The van der Waals surface area contributed by atoms with Crippen LogP contribution < -0.4 is 11.1 Å². The lowest BCUT2D eigenvalue weighted by molar-refractivity contribution is -0.117. The fourth-order valence-electron chi connectivity index (χ4n) is 1.79. The minimum absolute atomic E-state index is 0. The molecule has 0 aliphatic heterocycles. The average molecular weight is 358 g/mol. The largest absolute Gasteiger partial charge is 0.325 e. The van der Waals surface area contributed by atoms with Crippen LogP contribution in [0.4, 0.5) is 5.69 Å². The number of aryl methyl sites for hydroxylation is 1. The maximum absolute atomic E-state index is 11.9. The molecule has 0 spiro atoms. The number of hydrogen-bond acceptors (Lipinski definition) is 5. The van der Waals surface area contributed by atoms with Gasteiger partial charge in [-0.2, -0.15) is 11.8 Å². The Morgan fingerprint density at radius 1 is 1.41 bits per heavy atom. The molecule has 7 heteroatoms. The van der Waals surface area contributed by atoms with Crippen molar-refractivity contribution < 1.29 is 4.79 Å². The van der Waals surface area contributed by atoms with E-state index in [1.54, 1.807) is 23.1 Å². The number of hydrogen-bond donors (Lipinski definition) is 2. The van der Waals surface area contributed by atoms with E-state index in [2.05, 4.69) is 10.3 Å². The average Bonchev–Trinajstić information content (AvgIpc) is 2.92. The van der Waals surface area contributed by atoms with Crippen LogP contribution in [0.2, 0.25) is 0 Å². The fraction of sp³-hybridized carbons (Fsp3) is 0.333. The Labute approximate surface area is 145 Å². The fourth-order valence-corrected chi connectivity index (χ4v) is 3.09. The van der Waals surface area contributed by atoms with Gasteiger partial charge in [0.25, 0.3) is 0 Å². The molecule has 0 radical (unpaired) electrons. The van der Waals surface area contributed by atoms with Gasteiger partial charge >= 0.3 is 0 Å². The van der Waals surface area contributed by atoms with Crippen LogP contribution >= 0.6 is 35.5 Å². The second-order valence-corrected chi connectivity index (χ2v) is 6.59. The second-order valence-electron chi connectivity index (χ2n) is 4.75. The van der Waals surface area contributed by atoms with Crippen molar-refractivity contribution in [2.45, 2.75) is 19.4 Å². The highest BCUT2D eigenvalue weighted by Gasteiger charge is 2.13. The first-order valence-corrected chi connectivity index (χ1v) is 8.95. The molecule has 0 unspecified atom stereocenters. The van der Waals surface area contributed by atoms with E-state index in [0.717, 1.165) is 27.7 Å². The molecular formula is C15H20ClN3OS2. The Kier molecular flexibility index (Phi) is 7.89. The van der Waals surface area contributed by atoms with Gasteiger partial charge in [-0.05, 0) is 49.6 Å². The van der Waals surface area contributed by atoms with Crippen molar-refractivity contribution in [1.82, 2.24) is 4.98 Å². The highest BCUT2D eigenvalue weighted by molar-refractivity contribution is 7.98. The molecule has 0 saturated carbocycles. The second kappa shape index (κ2) is 9.15. The molecule has 3 N–H and O–H groups in total. The number of rotatable bonds is 6. The van der Waals surface area contributed by atoms with Gasteiger partial charge in [-0.25, -0.2) is 4.98 Å². The van der Waals surface area contributed by atoms with Crippen molar-refractivity contribution in [2.75, 3.05) is 17.3 Å². The van der Waals surface area contributed by atoms with Crippen molar-refractivity contribution in [2.24, 2.45) is 5.73 Å². The molecule has 2 rings (SSSR count). The molecule has 0 bridgehead atoms. The molecule has 1 atom stereocenters. The lowest BCUT2D eigenvalue weighted by Crippen LogP contribution is -2.36. The van der Waals surface area contributed by atoms with E-state index in [1.807, 2.05) is 42.8 Å². The van der Waals surface area contributed by atoms with E-state index in [0.29, 0.717) is 6.42 Å². The Hall–Kier alpha value is -1.08. The number of carbonyl (C=O) groups excluding carboxylic acids is 1. The molecule has 0 fully saturated rings. The maximum Gasteiger partial charge on any atom is 0.241 e. The standard InChI is InChI=1S/C15H19N3OS2.ClH/c1-10-9-21-15(17-10)11-3-5-12(6-4-11)18-14(19)13(16)7-8-20-2;/h3-6,9,13H,7-8,16H2,1-2H3,(H,18,19);1H/t13-;/m0./s1. The summed E-state index contributed by atoms with van der Waals surface area (Å²) in [6, 6.07) is 7.22. The Morgan fingerprint density at radius 3 is 2.64 bits per heavy atom. The summed E-state index contributed by atoms with van der Waals surface area (Å²) < 4.78 is 0. The predicted octanol–water partition coefficient (Wildman–Crippen LogP) is 3.56. The lowest BCUT2D eigenvalue weighted by Gasteiger charge is -2.11. The maximum atomic E-state index is 11.9. The molecule has 1 aromatic heterocycles. The number of halogens is 1. The summed E-state index contributed by atoms with van der Waals surface area (Å²) in [4.78, 5) is 16.4. The summed E-state index contributed by atoms with van der Waals surface area (Å²) in [5.41, 5.74) is 8.68. The number of carbonyl (C=O) groups is 1. The third-order valence-electron chi connectivity index (χ3n) is 2.99. The lowest BCUT2D eigenvalue weighted by atomic mass is 10.2. The molecule has 120 valence electrons. The summed E-state index contributed by atoms with van der Waals surface area (Å²) in [6.07, 6.45) is 2.69. The van der Waals surface area contributed by atoms with Crippen LogP contribution in [0.25, 0.3) is 10.6 Å². The van der Waals surface area contributed by atoms with Gasteiger partial charge in [0.2, 0.25) is 5.91 Å². The van der Waals surface area contributed by atoms with Gasteiger partial charge in [-0.1, -0.05) is 0 Å². The summed E-state index contributed by atoms with van der Waals surface area (Å²) in [7, 11) is 0. The van der Waals surface area contributed by atoms with Crippen LogP contribution in [0.3, 0.4) is 0 Å². The SMILES string of the molecule is CSCC[C@H](N)C(=O)Nc1ccc(-c2nc(C)cs2)cc1.Cl. The Balaban J connectivity index is 0.00000242. The van der Waals surface area contributed by atoms with Gasteiger partial charge in [0.15, 0.2) is 0 Å². The first kappa shape index (κ1) is 19.0. The van der Waals surface area contributed by atoms with Gasteiger partial charge in [0, 0.05) is 22.3 Å². The van der Waals surface area contributed by atoms with E-state index in [4.69, 9.17) is 5.73 Å². The van der Waals surface area contributed by atoms with E-state index in [-0.39, 0.29) is 18.3 Å². The van der Waals surface area contributed by atoms with Crippen LogP contribution in [0.1, 0.15) is 12.1 Å². The highest BCUT2D eigenvalue weighted by atomic mass is 35.5. The zero-order chi connectivity index (χ0) is 15.2. The number of nitrogens with one attached hydrogen (secondary N) is 1. The van der Waals surface area contributed by atoms with Gasteiger partial charge in [-0.3, -0.25) is 4.79 Å². The van der Waals surface area contributed by atoms with E-state index < -0.39 is 6.04 Å². The minimum atomic E-state index is -0.460. The van der Waals surface area contributed by atoms with Crippen molar-refractivity contribution in [3.63, 3.8) is 0 Å². The first-order valence-electron chi connectivity index (χ1n) is 6.68. The monoisotopic (exact) mass is 357 g/mol. The third kappa shape index (κ3) is 5.28. The number of amides is 1. The molecule has 1 aromatic carbocycles. The molecule has 1 amide bonds. The van der Waals surface area contributed by atoms with E-state index in [1.165, 1.54) is 0 Å². The summed E-state index contributed by atoms with van der Waals surface area (Å²) in [5, 5.41) is 5.86. The van der Waals surface area contributed by atoms with Crippen LogP contribution in [0.5, 0.6) is 0 Å². The third-order valence-corrected chi connectivity index (χ3v) is 4.64. The highest BCUT2D eigenvalue weighted by Crippen LogP contribution is 2.24. The number of nitrogens with two attached hydrogens (primary N) is 1. The molecular weight excluding hydrogens is 338 g/mol.